The summed E-state index contributed by atoms with van der Waals surface area (Å²) in [6, 6.07) is 5.39. The summed E-state index contributed by atoms with van der Waals surface area (Å²) < 4.78 is 5.39. The van der Waals surface area contributed by atoms with Crippen molar-refractivity contribution in [1.82, 2.24) is 5.32 Å². The normalized spacial score (nSPS) is 17.5. The van der Waals surface area contributed by atoms with Crippen LogP contribution in [0.25, 0.3) is 0 Å². The maximum Gasteiger partial charge on any atom is 0.251 e. The fraction of sp³-hybridized carbons (Fsp3) is 0.533. The van der Waals surface area contributed by atoms with E-state index in [1.165, 1.54) is 0 Å². The number of hydrogen-bond acceptors (Lipinski definition) is 4. The summed E-state index contributed by atoms with van der Waals surface area (Å²) in [6.07, 6.45) is 1.90. The molecule has 110 valence electrons. The molecule has 0 saturated carbocycles. The summed E-state index contributed by atoms with van der Waals surface area (Å²) in [6.45, 7) is 6.20. The number of carbonyl (C=O) groups is 1. The molecule has 0 aromatic heterocycles. The first kappa shape index (κ1) is 14.7. The fourth-order valence-electron chi connectivity index (χ4n) is 2.35. The SMILES string of the molecule is CCNC(=O)c1ccc(NC2(C)CCOCC2)c(N)c1. The predicted molar refractivity (Wildman–Crippen MR) is 80.9 cm³/mol. The largest absolute Gasteiger partial charge is 0.397 e. The van der Waals surface area contributed by atoms with Crippen molar-refractivity contribution < 1.29 is 9.53 Å². The molecule has 1 fully saturated rings. The van der Waals surface area contributed by atoms with Crippen LogP contribution in [0.2, 0.25) is 0 Å². The van der Waals surface area contributed by atoms with Crippen molar-refractivity contribution in [3.05, 3.63) is 23.8 Å². The number of amides is 1. The van der Waals surface area contributed by atoms with E-state index in [1.807, 2.05) is 13.0 Å². The number of benzene rings is 1. The van der Waals surface area contributed by atoms with Gasteiger partial charge in [-0.25, -0.2) is 0 Å². The summed E-state index contributed by atoms with van der Waals surface area (Å²) in [4.78, 5) is 11.8. The van der Waals surface area contributed by atoms with E-state index in [2.05, 4.69) is 17.6 Å². The Morgan fingerprint density at radius 2 is 2.10 bits per heavy atom. The van der Waals surface area contributed by atoms with Crippen molar-refractivity contribution in [3.8, 4) is 0 Å². The molecule has 1 saturated heterocycles. The van der Waals surface area contributed by atoms with Crippen molar-refractivity contribution in [2.24, 2.45) is 0 Å². The lowest BCUT2D eigenvalue weighted by Crippen LogP contribution is -2.40. The minimum Gasteiger partial charge on any atom is -0.397 e. The number of rotatable bonds is 4. The number of nitrogens with one attached hydrogen (secondary N) is 2. The van der Waals surface area contributed by atoms with Gasteiger partial charge in [-0.2, -0.15) is 0 Å². The lowest BCUT2D eigenvalue weighted by Gasteiger charge is -2.35. The number of ether oxygens (including phenoxy) is 1. The third-order valence-electron chi connectivity index (χ3n) is 3.68. The molecule has 0 spiro atoms. The quantitative estimate of drug-likeness (QED) is 0.736. The topological polar surface area (TPSA) is 76.4 Å². The molecule has 20 heavy (non-hydrogen) atoms. The standard InChI is InChI=1S/C15H23N3O2/c1-3-17-14(19)11-4-5-13(12(16)10-11)18-15(2)6-8-20-9-7-15/h4-5,10,18H,3,6-9,16H2,1-2H3,(H,17,19). The van der Waals surface area contributed by atoms with Crippen LogP contribution >= 0.6 is 0 Å². The van der Waals surface area contributed by atoms with Gasteiger partial charge in [0, 0.05) is 30.9 Å². The molecule has 0 unspecified atom stereocenters. The molecule has 0 bridgehead atoms. The summed E-state index contributed by atoms with van der Waals surface area (Å²) in [5, 5.41) is 6.25. The van der Waals surface area contributed by atoms with Crippen molar-refractivity contribution in [3.63, 3.8) is 0 Å². The van der Waals surface area contributed by atoms with Gasteiger partial charge in [0.25, 0.3) is 5.91 Å². The van der Waals surface area contributed by atoms with Crippen molar-refractivity contribution >= 4 is 17.3 Å². The van der Waals surface area contributed by atoms with E-state index in [0.717, 1.165) is 31.7 Å². The Balaban J connectivity index is 2.11. The van der Waals surface area contributed by atoms with Crippen LogP contribution in [-0.4, -0.2) is 31.2 Å². The van der Waals surface area contributed by atoms with Gasteiger partial charge in [-0.1, -0.05) is 0 Å². The molecule has 2 rings (SSSR count). The molecule has 1 aliphatic rings. The molecule has 1 aliphatic heterocycles. The van der Waals surface area contributed by atoms with Crippen LogP contribution in [0.5, 0.6) is 0 Å². The molecule has 4 N–H and O–H groups in total. The Morgan fingerprint density at radius 3 is 2.70 bits per heavy atom. The zero-order valence-corrected chi connectivity index (χ0v) is 12.2. The van der Waals surface area contributed by atoms with Crippen LogP contribution in [0, 0.1) is 0 Å². The van der Waals surface area contributed by atoms with E-state index in [1.54, 1.807) is 12.1 Å². The number of nitrogen functional groups attached to an aromatic ring is 1. The van der Waals surface area contributed by atoms with E-state index in [4.69, 9.17) is 10.5 Å². The van der Waals surface area contributed by atoms with Gasteiger partial charge in [0.15, 0.2) is 0 Å². The maximum absolute atomic E-state index is 11.8. The lowest BCUT2D eigenvalue weighted by molar-refractivity contribution is 0.0658. The van der Waals surface area contributed by atoms with Crippen LogP contribution in [-0.2, 0) is 4.74 Å². The van der Waals surface area contributed by atoms with Gasteiger partial charge in [-0.15, -0.1) is 0 Å². The zero-order valence-electron chi connectivity index (χ0n) is 12.2. The Kier molecular flexibility index (Phi) is 4.49. The summed E-state index contributed by atoms with van der Waals surface area (Å²) in [5.41, 5.74) is 8.12. The van der Waals surface area contributed by atoms with Crippen molar-refractivity contribution in [2.75, 3.05) is 30.8 Å². The highest BCUT2D eigenvalue weighted by atomic mass is 16.5. The number of carbonyl (C=O) groups excluding carboxylic acids is 1. The Morgan fingerprint density at radius 1 is 1.40 bits per heavy atom. The third-order valence-corrected chi connectivity index (χ3v) is 3.68. The van der Waals surface area contributed by atoms with Crippen LogP contribution in [0.4, 0.5) is 11.4 Å². The van der Waals surface area contributed by atoms with Gasteiger partial charge in [0.1, 0.15) is 0 Å². The van der Waals surface area contributed by atoms with E-state index in [0.29, 0.717) is 17.8 Å². The number of hydrogen-bond donors (Lipinski definition) is 3. The summed E-state index contributed by atoms with van der Waals surface area (Å²) in [5.74, 6) is -0.0944. The lowest BCUT2D eigenvalue weighted by atomic mass is 9.92. The minimum atomic E-state index is -0.0944. The second-order valence-corrected chi connectivity index (χ2v) is 5.46. The van der Waals surface area contributed by atoms with E-state index >= 15 is 0 Å². The molecule has 0 aliphatic carbocycles. The van der Waals surface area contributed by atoms with Gasteiger partial charge in [0.05, 0.1) is 11.4 Å². The molecule has 5 heteroatoms. The van der Waals surface area contributed by atoms with Gasteiger partial charge in [0.2, 0.25) is 0 Å². The molecule has 5 nitrogen and oxygen atoms in total. The minimum absolute atomic E-state index is 0.000432. The monoisotopic (exact) mass is 277 g/mol. The van der Waals surface area contributed by atoms with Gasteiger partial charge in [-0.3, -0.25) is 4.79 Å². The van der Waals surface area contributed by atoms with Crippen LogP contribution in [0.1, 0.15) is 37.0 Å². The summed E-state index contributed by atoms with van der Waals surface area (Å²) >= 11 is 0. The average molecular weight is 277 g/mol. The van der Waals surface area contributed by atoms with E-state index in [9.17, 15) is 4.79 Å². The van der Waals surface area contributed by atoms with Gasteiger partial charge >= 0.3 is 0 Å². The smallest absolute Gasteiger partial charge is 0.251 e. The first-order valence-electron chi connectivity index (χ1n) is 7.08. The number of nitrogens with two attached hydrogens (primary N) is 1. The maximum atomic E-state index is 11.8. The Bertz CT molecular complexity index is 482. The fourth-order valence-corrected chi connectivity index (χ4v) is 2.35. The molecule has 1 amide bonds. The van der Waals surface area contributed by atoms with E-state index < -0.39 is 0 Å². The summed E-state index contributed by atoms with van der Waals surface area (Å²) in [7, 11) is 0. The van der Waals surface area contributed by atoms with Crippen LogP contribution < -0.4 is 16.4 Å². The highest BCUT2D eigenvalue weighted by molar-refractivity contribution is 5.96. The van der Waals surface area contributed by atoms with E-state index in [-0.39, 0.29) is 11.4 Å². The molecule has 0 atom stereocenters. The third kappa shape index (κ3) is 3.42. The second-order valence-electron chi connectivity index (χ2n) is 5.46. The van der Waals surface area contributed by atoms with Gasteiger partial charge in [-0.05, 0) is 44.9 Å². The van der Waals surface area contributed by atoms with Gasteiger partial charge < -0.3 is 21.1 Å². The number of anilines is 2. The van der Waals surface area contributed by atoms with Crippen molar-refractivity contribution in [1.29, 1.82) is 0 Å². The second kappa shape index (κ2) is 6.13. The first-order valence-corrected chi connectivity index (χ1v) is 7.08. The molecule has 0 radical (unpaired) electrons. The molecular formula is C15H23N3O2. The first-order chi connectivity index (χ1) is 9.54. The molecular weight excluding hydrogens is 254 g/mol. The molecule has 1 aromatic rings. The molecule has 1 aromatic carbocycles. The van der Waals surface area contributed by atoms with Crippen molar-refractivity contribution in [2.45, 2.75) is 32.2 Å². The van der Waals surface area contributed by atoms with Crippen LogP contribution in [0.3, 0.4) is 0 Å². The average Bonchev–Trinajstić information content (AvgIpc) is 2.42. The Hall–Kier alpha value is -1.75. The zero-order chi connectivity index (χ0) is 14.6. The molecule has 1 heterocycles. The van der Waals surface area contributed by atoms with Crippen LogP contribution in [0.15, 0.2) is 18.2 Å². The highest BCUT2D eigenvalue weighted by Gasteiger charge is 2.27. The highest BCUT2D eigenvalue weighted by Crippen LogP contribution is 2.29. The Labute approximate surface area is 119 Å². The predicted octanol–water partition coefficient (Wildman–Crippen LogP) is 2.00.